The molecule has 2 saturated heterocycles. The number of hydrogen-bond acceptors (Lipinski definition) is 3. The number of carbonyl (C=O) groups excluding carboxylic acids is 1. The molecule has 5 heteroatoms. The molecule has 0 aromatic heterocycles. The Morgan fingerprint density at radius 2 is 2.19 bits per heavy atom. The first-order valence-corrected chi connectivity index (χ1v) is 6.24. The Hall–Kier alpha value is -0.810. The van der Waals surface area contributed by atoms with Crippen molar-refractivity contribution in [2.24, 2.45) is 5.73 Å². The molecular formula is C11H22N4O. The molecule has 2 heterocycles. The summed E-state index contributed by atoms with van der Waals surface area (Å²) >= 11 is 0. The lowest BCUT2D eigenvalue weighted by molar-refractivity contribution is -0.0108. The molecule has 0 spiro atoms. The zero-order valence-electron chi connectivity index (χ0n) is 9.98. The molecule has 92 valence electrons. The van der Waals surface area contributed by atoms with E-state index < -0.39 is 6.03 Å². The van der Waals surface area contributed by atoms with E-state index in [-0.39, 0.29) is 6.17 Å². The fourth-order valence-electron chi connectivity index (χ4n) is 2.72. The normalized spacial score (nSPS) is 28.7. The first kappa shape index (κ1) is 11.7. The van der Waals surface area contributed by atoms with Crippen molar-refractivity contribution in [3.63, 3.8) is 0 Å². The Morgan fingerprint density at radius 3 is 2.81 bits per heavy atom. The van der Waals surface area contributed by atoms with Gasteiger partial charge >= 0.3 is 6.03 Å². The Morgan fingerprint density at radius 1 is 1.44 bits per heavy atom. The van der Waals surface area contributed by atoms with Crippen LogP contribution in [0.1, 0.15) is 26.2 Å². The van der Waals surface area contributed by atoms with Crippen molar-refractivity contribution in [3.05, 3.63) is 0 Å². The van der Waals surface area contributed by atoms with E-state index >= 15 is 0 Å². The lowest BCUT2D eigenvalue weighted by Gasteiger charge is -2.49. The topological polar surface area (TPSA) is 61.6 Å². The number of nitrogens with one attached hydrogen (secondary N) is 1. The number of piperidine rings is 1. The van der Waals surface area contributed by atoms with Gasteiger partial charge in [0.05, 0.1) is 6.17 Å². The second-order valence-corrected chi connectivity index (χ2v) is 4.76. The third-order valence-electron chi connectivity index (χ3n) is 3.71. The predicted molar refractivity (Wildman–Crippen MR) is 63.0 cm³/mol. The number of likely N-dealkylation sites (tertiary alicyclic amines) is 2. The van der Waals surface area contributed by atoms with Crippen LogP contribution >= 0.6 is 0 Å². The fourth-order valence-corrected chi connectivity index (χ4v) is 2.72. The summed E-state index contributed by atoms with van der Waals surface area (Å²) in [6, 6.07) is 0.209. The molecule has 0 saturated carbocycles. The van der Waals surface area contributed by atoms with Gasteiger partial charge in [-0.3, -0.25) is 4.90 Å². The molecule has 0 aromatic rings. The Bertz CT molecular complexity index is 252. The average molecular weight is 226 g/mol. The van der Waals surface area contributed by atoms with Crippen LogP contribution in [0.2, 0.25) is 0 Å². The second kappa shape index (κ2) is 5.01. The van der Waals surface area contributed by atoms with Gasteiger partial charge in [0.1, 0.15) is 0 Å². The van der Waals surface area contributed by atoms with E-state index in [1.54, 1.807) is 0 Å². The van der Waals surface area contributed by atoms with E-state index in [2.05, 4.69) is 22.0 Å². The molecule has 5 nitrogen and oxygen atoms in total. The van der Waals surface area contributed by atoms with E-state index in [1.807, 2.05) is 0 Å². The summed E-state index contributed by atoms with van der Waals surface area (Å²) in [4.78, 5) is 15.8. The number of primary amides is 1. The average Bonchev–Trinajstić information content (AvgIpc) is 2.18. The summed E-state index contributed by atoms with van der Waals surface area (Å²) in [5.41, 5.74) is 5.21. The van der Waals surface area contributed by atoms with Crippen LogP contribution in [-0.2, 0) is 0 Å². The van der Waals surface area contributed by atoms with Crippen LogP contribution in [0.4, 0.5) is 4.79 Å². The van der Waals surface area contributed by atoms with Crippen LogP contribution in [0, 0.1) is 0 Å². The molecule has 16 heavy (non-hydrogen) atoms. The molecule has 1 atom stereocenters. The van der Waals surface area contributed by atoms with Crippen molar-refractivity contribution in [1.29, 1.82) is 0 Å². The molecule has 0 aromatic carbocycles. The molecule has 0 bridgehead atoms. The molecule has 2 rings (SSSR count). The van der Waals surface area contributed by atoms with Gasteiger partial charge in [0.2, 0.25) is 0 Å². The van der Waals surface area contributed by atoms with Crippen molar-refractivity contribution in [1.82, 2.24) is 15.1 Å². The highest BCUT2D eigenvalue weighted by atomic mass is 16.2. The molecule has 2 fully saturated rings. The van der Waals surface area contributed by atoms with Gasteiger partial charge < -0.3 is 16.0 Å². The van der Waals surface area contributed by atoms with Crippen molar-refractivity contribution < 1.29 is 4.79 Å². The summed E-state index contributed by atoms with van der Waals surface area (Å²) in [6.45, 7) is 6.66. The number of amides is 2. The number of nitrogens with two attached hydrogens (primary N) is 1. The van der Waals surface area contributed by atoms with Gasteiger partial charge in [0.25, 0.3) is 0 Å². The number of urea groups is 1. The van der Waals surface area contributed by atoms with Gasteiger partial charge in [-0.05, 0) is 25.8 Å². The minimum atomic E-state index is -0.399. The van der Waals surface area contributed by atoms with E-state index in [4.69, 9.17) is 5.73 Å². The maximum atomic E-state index is 10.9. The van der Waals surface area contributed by atoms with Crippen LogP contribution in [-0.4, -0.2) is 54.2 Å². The van der Waals surface area contributed by atoms with Crippen molar-refractivity contribution in [2.75, 3.05) is 26.2 Å². The minimum absolute atomic E-state index is 0.162. The van der Waals surface area contributed by atoms with Crippen LogP contribution in [0.3, 0.4) is 0 Å². The zero-order valence-corrected chi connectivity index (χ0v) is 9.98. The zero-order chi connectivity index (χ0) is 11.5. The van der Waals surface area contributed by atoms with Crippen LogP contribution < -0.4 is 11.1 Å². The van der Waals surface area contributed by atoms with Crippen LogP contribution in [0.5, 0.6) is 0 Å². The quantitative estimate of drug-likeness (QED) is 0.721. The number of likely N-dealkylation sites (N-methyl/N-ethyl adjacent to an activating group) is 1. The summed E-state index contributed by atoms with van der Waals surface area (Å²) in [6.07, 6.45) is 3.62. The summed E-state index contributed by atoms with van der Waals surface area (Å²) in [5.74, 6) is 0. The first-order valence-electron chi connectivity index (χ1n) is 6.24. The Labute approximate surface area is 96.9 Å². The molecular weight excluding hydrogens is 204 g/mol. The van der Waals surface area contributed by atoms with Gasteiger partial charge in [0.15, 0.2) is 0 Å². The smallest absolute Gasteiger partial charge is 0.313 e. The number of nitrogens with zero attached hydrogens (tertiary/aromatic N) is 2. The molecule has 0 radical (unpaired) electrons. The maximum absolute atomic E-state index is 10.9. The van der Waals surface area contributed by atoms with E-state index in [9.17, 15) is 4.79 Å². The standard InChI is InChI=1S/C11H22N4O/c1-2-14-7-9(8-14)15-6-4-3-5-10(15)13-11(12)16/h9-10H,2-8H2,1H3,(H3,12,13,16). The second-order valence-electron chi connectivity index (χ2n) is 4.76. The van der Waals surface area contributed by atoms with Crippen molar-refractivity contribution in [2.45, 2.75) is 38.4 Å². The first-order chi connectivity index (χ1) is 7.70. The summed E-state index contributed by atoms with van der Waals surface area (Å²) < 4.78 is 0. The number of hydrogen-bond donors (Lipinski definition) is 2. The highest BCUT2D eigenvalue weighted by Gasteiger charge is 2.36. The van der Waals surface area contributed by atoms with E-state index in [0.717, 1.165) is 32.6 Å². The van der Waals surface area contributed by atoms with Crippen LogP contribution in [0.25, 0.3) is 0 Å². The Kier molecular flexibility index (Phi) is 3.66. The minimum Gasteiger partial charge on any atom is -0.352 e. The van der Waals surface area contributed by atoms with Crippen molar-refractivity contribution >= 4 is 6.03 Å². The summed E-state index contributed by atoms with van der Waals surface area (Å²) in [5, 5.41) is 2.86. The third-order valence-corrected chi connectivity index (χ3v) is 3.71. The van der Waals surface area contributed by atoms with E-state index in [0.29, 0.717) is 6.04 Å². The van der Waals surface area contributed by atoms with Gasteiger partial charge in [-0.1, -0.05) is 6.92 Å². The SMILES string of the molecule is CCN1CC(N2CCCCC2NC(N)=O)C1. The molecule has 1 unspecified atom stereocenters. The van der Waals surface area contributed by atoms with Gasteiger partial charge in [-0.15, -0.1) is 0 Å². The molecule has 2 aliphatic heterocycles. The third kappa shape index (κ3) is 2.47. The van der Waals surface area contributed by atoms with Gasteiger partial charge in [-0.25, -0.2) is 4.79 Å². The summed E-state index contributed by atoms with van der Waals surface area (Å²) in [7, 11) is 0. The lowest BCUT2D eigenvalue weighted by Crippen LogP contribution is -2.65. The van der Waals surface area contributed by atoms with Gasteiger partial charge in [0, 0.05) is 25.7 Å². The highest BCUT2D eigenvalue weighted by Crippen LogP contribution is 2.23. The van der Waals surface area contributed by atoms with E-state index in [1.165, 1.54) is 12.8 Å². The largest absolute Gasteiger partial charge is 0.352 e. The predicted octanol–water partition coefficient (Wildman–Crippen LogP) is 0.171. The molecule has 2 aliphatic rings. The lowest BCUT2D eigenvalue weighted by atomic mass is 10.0. The van der Waals surface area contributed by atoms with Gasteiger partial charge in [-0.2, -0.15) is 0 Å². The molecule has 2 amide bonds. The fraction of sp³-hybridized carbons (Fsp3) is 0.909. The van der Waals surface area contributed by atoms with Crippen LogP contribution in [0.15, 0.2) is 0 Å². The monoisotopic (exact) mass is 226 g/mol. The van der Waals surface area contributed by atoms with Crippen molar-refractivity contribution in [3.8, 4) is 0 Å². The number of carbonyl (C=O) groups is 1. The maximum Gasteiger partial charge on any atom is 0.313 e. The Balaban J connectivity index is 1.87. The highest BCUT2D eigenvalue weighted by molar-refractivity contribution is 5.71. The molecule has 3 N–H and O–H groups in total. The number of rotatable bonds is 3. The molecule has 0 aliphatic carbocycles.